The molecule has 204 valence electrons. The highest BCUT2D eigenvalue weighted by Crippen LogP contribution is 2.29. The van der Waals surface area contributed by atoms with Crippen molar-refractivity contribution in [1.82, 2.24) is 20.3 Å². The number of carbonyl (C=O) groups is 2. The van der Waals surface area contributed by atoms with E-state index in [-0.39, 0.29) is 23.9 Å². The van der Waals surface area contributed by atoms with Gasteiger partial charge in [-0.1, -0.05) is 0 Å². The number of urea groups is 1. The second-order valence-electron chi connectivity index (χ2n) is 9.63. The Balaban J connectivity index is 1.31. The quantitative estimate of drug-likeness (QED) is 0.439. The maximum atomic E-state index is 12.5. The molecule has 1 aromatic heterocycles. The Bertz CT molecular complexity index is 1290. The SMILES string of the molecule is CNC(=O)c1ccc(NC(=O)Nc2ccc(-c3nc(C4CCOCC4)nc(N4CCOCC4C)n3)cc2)cc1. The Hall–Kier alpha value is -4.09. The molecule has 11 nitrogen and oxygen atoms in total. The molecule has 1 unspecified atom stereocenters. The van der Waals surface area contributed by atoms with Crippen LogP contribution in [-0.4, -0.2) is 73.0 Å². The first-order valence-corrected chi connectivity index (χ1v) is 13.2. The lowest BCUT2D eigenvalue weighted by Crippen LogP contribution is -2.44. The summed E-state index contributed by atoms with van der Waals surface area (Å²) in [6, 6.07) is 13.9. The predicted molar refractivity (Wildman–Crippen MR) is 148 cm³/mol. The van der Waals surface area contributed by atoms with Gasteiger partial charge in [-0.05, 0) is 68.3 Å². The maximum absolute atomic E-state index is 12.5. The van der Waals surface area contributed by atoms with Crippen LogP contribution in [0.3, 0.4) is 0 Å². The molecule has 39 heavy (non-hydrogen) atoms. The number of carbonyl (C=O) groups excluding carboxylic acids is 2. The van der Waals surface area contributed by atoms with Gasteiger partial charge in [-0.15, -0.1) is 0 Å². The Morgan fingerprint density at radius 1 is 0.872 bits per heavy atom. The summed E-state index contributed by atoms with van der Waals surface area (Å²) in [6.45, 7) is 5.51. The van der Waals surface area contributed by atoms with Crippen molar-refractivity contribution >= 4 is 29.3 Å². The first-order chi connectivity index (χ1) is 19.0. The van der Waals surface area contributed by atoms with Crippen LogP contribution in [-0.2, 0) is 9.47 Å². The molecule has 2 saturated heterocycles. The molecule has 2 fully saturated rings. The molecule has 11 heteroatoms. The van der Waals surface area contributed by atoms with E-state index >= 15 is 0 Å². The van der Waals surface area contributed by atoms with E-state index in [0.29, 0.717) is 55.1 Å². The summed E-state index contributed by atoms with van der Waals surface area (Å²) in [7, 11) is 1.57. The van der Waals surface area contributed by atoms with Gasteiger partial charge in [-0.25, -0.2) is 9.78 Å². The summed E-state index contributed by atoms with van der Waals surface area (Å²) >= 11 is 0. The molecule has 2 aliphatic heterocycles. The topological polar surface area (TPSA) is 131 Å². The average molecular weight is 532 g/mol. The summed E-state index contributed by atoms with van der Waals surface area (Å²) in [4.78, 5) is 41.0. The average Bonchev–Trinajstić information content (AvgIpc) is 2.98. The van der Waals surface area contributed by atoms with Crippen LogP contribution in [0.2, 0.25) is 0 Å². The van der Waals surface area contributed by atoms with E-state index in [2.05, 4.69) is 27.8 Å². The van der Waals surface area contributed by atoms with E-state index in [1.54, 1.807) is 31.3 Å². The first-order valence-electron chi connectivity index (χ1n) is 13.2. The highest BCUT2D eigenvalue weighted by atomic mass is 16.5. The second kappa shape index (κ2) is 12.2. The van der Waals surface area contributed by atoms with Gasteiger partial charge >= 0.3 is 6.03 Å². The first kappa shape index (κ1) is 26.5. The van der Waals surface area contributed by atoms with Crippen molar-refractivity contribution in [3.63, 3.8) is 0 Å². The van der Waals surface area contributed by atoms with Crippen molar-refractivity contribution in [2.24, 2.45) is 0 Å². The number of nitrogens with zero attached hydrogens (tertiary/aromatic N) is 4. The molecular weight excluding hydrogens is 498 g/mol. The Kier molecular flexibility index (Phi) is 8.28. The van der Waals surface area contributed by atoms with E-state index in [1.165, 1.54) is 0 Å². The molecule has 0 radical (unpaired) electrons. The minimum Gasteiger partial charge on any atom is -0.381 e. The molecule has 2 aromatic carbocycles. The van der Waals surface area contributed by atoms with Gasteiger partial charge < -0.3 is 30.3 Å². The van der Waals surface area contributed by atoms with Gasteiger partial charge in [0.1, 0.15) is 5.82 Å². The molecule has 0 bridgehead atoms. The van der Waals surface area contributed by atoms with Gasteiger partial charge in [0.05, 0.1) is 19.3 Å². The van der Waals surface area contributed by atoms with Crippen LogP contribution in [0.15, 0.2) is 48.5 Å². The van der Waals surface area contributed by atoms with Crippen molar-refractivity contribution in [3.8, 4) is 11.4 Å². The molecule has 0 aliphatic carbocycles. The van der Waals surface area contributed by atoms with Crippen molar-refractivity contribution < 1.29 is 19.1 Å². The van der Waals surface area contributed by atoms with E-state index in [9.17, 15) is 9.59 Å². The number of morpholine rings is 1. The minimum absolute atomic E-state index is 0.168. The van der Waals surface area contributed by atoms with Crippen LogP contribution in [0.4, 0.5) is 22.1 Å². The van der Waals surface area contributed by atoms with Gasteiger partial charge in [0.2, 0.25) is 5.95 Å². The number of amides is 3. The van der Waals surface area contributed by atoms with Crippen LogP contribution in [0.25, 0.3) is 11.4 Å². The second-order valence-corrected chi connectivity index (χ2v) is 9.63. The molecule has 1 atom stereocenters. The standard InChI is InChI=1S/C28H33N7O4/c1-18-17-39-16-13-35(18)27-33-24(32-25(34-27)20-11-14-38-15-12-20)19-3-7-22(8-4-19)30-28(37)31-23-9-5-21(6-10-23)26(36)29-2/h3-10,18,20H,11-17H2,1-2H3,(H,29,36)(H2,30,31,37). The van der Waals surface area contributed by atoms with Crippen LogP contribution >= 0.6 is 0 Å². The summed E-state index contributed by atoms with van der Waals surface area (Å²) in [5.74, 6) is 2.11. The van der Waals surface area contributed by atoms with Crippen molar-refractivity contribution in [3.05, 3.63) is 59.9 Å². The van der Waals surface area contributed by atoms with E-state index in [0.717, 1.165) is 30.8 Å². The lowest BCUT2D eigenvalue weighted by Gasteiger charge is -2.34. The summed E-state index contributed by atoms with van der Waals surface area (Å²) < 4.78 is 11.2. The van der Waals surface area contributed by atoms with Crippen molar-refractivity contribution in [2.45, 2.75) is 31.7 Å². The largest absolute Gasteiger partial charge is 0.381 e. The molecular formula is C28H33N7O4. The van der Waals surface area contributed by atoms with Gasteiger partial charge in [-0.3, -0.25) is 4.79 Å². The van der Waals surface area contributed by atoms with Crippen LogP contribution in [0.1, 0.15) is 41.9 Å². The molecule has 2 aliphatic rings. The number of hydrogen-bond acceptors (Lipinski definition) is 8. The number of rotatable bonds is 6. The number of ether oxygens (including phenoxy) is 2. The summed E-state index contributed by atoms with van der Waals surface area (Å²) in [5, 5.41) is 8.17. The number of hydrogen-bond donors (Lipinski definition) is 3. The molecule has 5 rings (SSSR count). The zero-order valence-electron chi connectivity index (χ0n) is 22.1. The van der Waals surface area contributed by atoms with Crippen LogP contribution < -0.4 is 20.9 Å². The fraction of sp³-hybridized carbons (Fsp3) is 0.393. The predicted octanol–water partition coefficient (Wildman–Crippen LogP) is 3.66. The zero-order valence-corrected chi connectivity index (χ0v) is 22.1. The van der Waals surface area contributed by atoms with Gasteiger partial charge in [-0.2, -0.15) is 9.97 Å². The van der Waals surface area contributed by atoms with E-state index in [4.69, 9.17) is 24.4 Å². The Morgan fingerprint density at radius 2 is 1.54 bits per heavy atom. The number of aromatic nitrogens is 3. The number of nitrogens with one attached hydrogen (secondary N) is 3. The molecule has 0 saturated carbocycles. The Morgan fingerprint density at radius 3 is 2.18 bits per heavy atom. The maximum Gasteiger partial charge on any atom is 0.323 e. The van der Waals surface area contributed by atoms with Gasteiger partial charge in [0, 0.05) is 55.2 Å². The molecule has 3 heterocycles. The fourth-order valence-corrected chi connectivity index (χ4v) is 4.65. The summed E-state index contributed by atoms with van der Waals surface area (Å²) in [6.07, 6.45) is 1.77. The van der Waals surface area contributed by atoms with Gasteiger partial charge in [0.15, 0.2) is 5.82 Å². The molecule has 3 N–H and O–H groups in total. The lowest BCUT2D eigenvalue weighted by atomic mass is 9.99. The number of benzene rings is 2. The van der Waals surface area contributed by atoms with Gasteiger partial charge in [0.25, 0.3) is 5.91 Å². The molecule has 3 aromatic rings. The molecule has 0 spiro atoms. The zero-order chi connectivity index (χ0) is 27.2. The van der Waals surface area contributed by atoms with Crippen molar-refractivity contribution in [1.29, 1.82) is 0 Å². The minimum atomic E-state index is -0.388. The number of anilines is 3. The lowest BCUT2D eigenvalue weighted by molar-refractivity contribution is 0.0834. The van der Waals surface area contributed by atoms with E-state index in [1.807, 2.05) is 24.3 Å². The Labute approximate surface area is 227 Å². The van der Waals surface area contributed by atoms with Crippen LogP contribution in [0, 0.1) is 0 Å². The third-order valence-electron chi connectivity index (χ3n) is 6.88. The normalized spacial score (nSPS) is 17.9. The fourth-order valence-electron chi connectivity index (χ4n) is 4.65. The molecule has 3 amide bonds. The summed E-state index contributed by atoms with van der Waals surface area (Å²) in [5.41, 5.74) is 2.55. The third-order valence-corrected chi connectivity index (χ3v) is 6.88. The van der Waals surface area contributed by atoms with Crippen molar-refractivity contribution in [2.75, 3.05) is 55.6 Å². The monoisotopic (exact) mass is 531 g/mol. The highest BCUT2D eigenvalue weighted by molar-refractivity contribution is 6.00. The highest BCUT2D eigenvalue weighted by Gasteiger charge is 2.26. The van der Waals surface area contributed by atoms with E-state index < -0.39 is 0 Å². The van der Waals surface area contributed by atoms with Crippen LogP contribution in [0.5, 0.6) is 0 Å². The smallest absolute Gasteiger partial charge is 0.323 e. The third kappa shape index (κ3) is 6.50.